The zero-order valence-electron chi connectivity index (χ0n) is 12.8. The molecule has 0 aromatic rings. The van der Waals surface area contributed by atoms with Crippen LogP contribution < -0.4 is 5.73 Å². The van der Waals surface area contributed by atoms with Crippen LogP contribution in [0.5, 0.6) is 0 Å². The number of hydrogen-bond donors (Lipinski definition) is 1. The monoisotopic (exact) mass is 297 g/mol. The number of hydrogen-bond acceptors (Lipinski definition) is 3. The number of nitrogens with zero attached hydrogens (tertiary/aromatic N) is 2. The number of rotatable bonds is 8. The fourth-order valence-electron chi connectivity index (χ4n) is 1.88. The minimum absolute atomic E-state index is 0.222. The molecule has 20 heavy (non-hydrogen) atoms. The van der Waals surface area contributed by atoms with Gasteiger partial charge in [0.05, 0.1) is 0 Å². The van der Waals surface area contributed by atoms with Gasteiger partial charge in [0.15, 0.2) is 5.54 Å². The maximum Gasteiger partial charge on any atom is 0.415 e. The molecule has 0 bridgehead atoms. The van der Waals surface area contributed by atoms with E-state index in [0.717, 1.165) is 26.6 Å². The lowest BCUT2D eigenvalue weighted by Crippen LogP contribution is -2.62. The largest absolute Gasteiger partial charge is 0.415 e. The zero-order chi connectivity index (χ0) is 16.0. The number of nitrogens with two attached hydrogens (primary N) is 1. The van der Waals surface area contributed by atoms with Gasteiger partial charge in [-0.25, -0.2) is 0 Å². The highest BCUT2D eigenvalue weighted by molar-refractivity contribution is 5.86. The van der Waals surface area contributed by atoms with Crippen LogP contribution in [0.25, 0.3) is 0 Å². The van der Waals surface area contributed by atoms with E-state index >= 15 is 0 Å². The van der Waals surface area contributed by atoms with Gasteiger partial charge in [-0.05, 0) is 39.9 Å². The van der Waals surface area contributed by atoms with Gasteiger partial charge in [0.25, 0.3) is 5.91 Å². The van der Waals surface area contributed by atoms with Crippen molar-refractivity contribution in [2.24, 2.45) is 5.73 Å². The number of carbonyl (C=O) groups excluding carboxylic acids is 1. The Morgan fingerprint density at radius 1 is 1.05 bits per heavy atom. The topological polar surface area (TPSA) is 49.6 Å². The van der Waals surface area contributed by atoms with Gasteiger partial charge in [-0.15, -0.1) is 0 Å². The number of halogens is 3. The van der Waals surface area contributed by atoms with Crippen molar-refractivity contribution in [2.75, 3.05) is 32.7 Å². The van der Waals surface area contributed by atoms with Crippen LogP contribution in [0.1, 0.15) is 34.1 Å². The van der Waals surface area contributed by atoms with Gasteiger partial charge >= 0.3 is 6.18 Å². The van der Waals surface area contributed by atoms with E-state index in [1.165, 1.54) is 4.90 Å². The third-order valence-corrected chi connectivity index (χ3v) is 3.50. The summed E-state index contributed by atoms with van der Waals surface area (Å²) in [6.07, 6.45) is -4.11. The second kappa shape index (κ2) is 7.83. The molecule has 7 heteroatoms. The Balaban J connectivity index is 4.58. The average Bonchev–Trinajstić information content (AvgIpc) is 2.37. The van der Waals surface area contributed by atoms with Gasteiger partial charge in [-0.1, -0.05) is 13.8 Å². The second-order valence-electron chi connectivity index (χ2n) is 4.97. The highest BCUT2D eigenvalue weighted by Gasteiger charge is 2.55. The summed E-state index contributed by atoms with van der Waals surface area (Å²) in [5, 5.41) is 0. The van der Waals surface area contributed by atoms with Crippen molar-refractivity contribution in [3.05, 3.63) is 0 Å². The van der Waals surface area contributed by atoms with E-state index in [-0.39, 0.29) is 13.1 Å². The van der Waals surface area contributed by atoms with Gasteiger partial charge in [-0.3, -0.25) is 4.79 Å². The summed E-state index contributed by atoms with van der Waals surface area (Å²) in [5.74, 6) is -1.06. The lowest BCUT2D eigenvalue weighted by Gasteiger charge is -2.33. The Morgan fingerprint density at radius 3 is 1.90 bits per heavy atom. The van der Waals surface area contributed by atoms with Gasteiger partial charge in [-0.2, -0.15) is 13.2 Å². The molecule has 0 fully saturated rings. The summed E-state index contributed by atoms with van der Waals surface area (Å²) < 4.78 is 38.3. The SMILES string of the molecule is CCN(CC)CCCN(CC)C(=O)C(C)(N)C(F)(F)F. The molecule has 1 amide bonds. The Labute approximate surface area is 119 Å². The first-order valence-corrected chi connectivity index (χ1v) is 6.99. The van der Waals surface area contributed by atoms with Crippen molar-refractivity contribution < 1.29 is 18.0 Å². The lowest BCUT2D eigenvalue weighted by molar-refractivity contribution is -0.193. The Hall–Kier alpha value is -0.820. The van der Waals surface area contributed by atoms with Gasteiger partial charge in [0.1, 0.15) is 0 Å². The van der Waals surface area contributed by atoms with Gasteiger partial charge in [0.2, 0.25) is 0 Å². The first-order chi connectivity index (χ1) is 9.11. The van der Waals surface area contributed by atoms with E-state index < -0.39 is 17.6 Å². The third kappa shape index (κ3) is 4.94. The molecule has 0 heterocycles. The van der Waals surface area contributed by atoms with Crippen LogP contribution in [-0.4, -0.2) is 60.1 Å². The number of amides is 1. The van der Waals surface area contributed by atoms with Crippen LogP contribution in [0.2, 0.25) is 0 Å². The molecule has 0 saturated carbocycles. The standard InChI is InChI=1S/C13H26F3N3O/c1-5-18(6-2)9-8-10-19(7-3)11(20)12(4,17)13(14,15)16/h5-10,17H2,1-4H3. The van der Waals surface area contributed by atoms with E-state index in [1.807, 2.05) is 13.8 Å². The normalized spacial score (nSPS) is 15.2. The molecule has 0 aromatic carbocycles. The van der Waals surface area contributed by atoms with E-state index in [2.05, 4.69) is 4.90 Å². The first kappa shape index (κ1) is 19.2. The average molecular weight is 297 g/mol. The molecule has 0 rings (SSSR count). The maximum absolute atomic E-state index is 12.8. The van der Waals surface area contributed by atoms with Crippen LogP contribution in [0, 0.1) is 0 Å². The molecule has 1 unspecified atom stereocenters. The molecule has 0 radical (unpaired) electrons. The van der Waals surface area contributed by atoms with Crippen molar-refractivity contribution in [1.82, 2.24) is 9.80 Å². The van der Waals surface area contributed by atoms with Crippen LogP contribution in [0.15, 0.2) is 0 Å². The third-order valence-electron chi connectivity index (χ3n) is 3.50. The van der Waals surface area contributed by atoms with E-state index in [4.69, 9.17) is 5.73 Å². The molecule has 0 aliphatic heterocycles. The quantitative estimate of drug-likeness (QED) is 0.744. The molecule has 4 nitrogen and oxygen atoms in total. The summed E-state index contributed by atoms with van der Waals surface area (Å²) in [7, 11) is 0. The minimum atomic E-state index is -4.74. The molecular weight excluding hydrogens is 271 g/mol. The molecule has 0 aliphatic rings. The highest BCUT2D eigenvalue weighted by Crippen LogP contribution is 2.29. The van der Waals surface area contributed by atoms with E-state index in [1.54, 1.807) is 6.92 Å². The fourth-order valence-corrected chi connectivity index (χ4v) is 1.88. The van der Waals surface area contributed by atoms with Crippen molar-refractivity contribution in [1.29, 1.82) is 0 Å². The van der Waals surface area contributed by atoms with Gasteiger partial charge < -0.3 is 15.5 Å². The summed E-state index contributed by atoms with van der Waals surface area (Å²) in [4.78, 5) is 15.3. The summed E-state index contributed by atoms with van der Waals surface area (Å²) in [6, 6.07) is 0. The Kier molecular flexibility index (Phi) is 7.51. The van der Waals surface area contributed by atoms with Crippen LogP contribution in [-0.2, 0) is 4.79 Å². The number of likely N-dealkylation sites (N-methyl/N-ethyl adjacent to an activating group) is 1. The van der Waals surface area contributed by atoms with Crippen molar-refractivity contribution >= 4 is 5.91 Å². The van der Waals surface area contributed by atoms with E-state index in [9.17, 15) is 18.0 Å². The predicted molar refractivity (Wildman–Crippen MR) is 73.3 cm³/mol. The van der Waals surface area contributed by atoms with E-state index in [0.29, 0.717) is 6.42 Å². The van der Waals surface area contributed by atoms with Crippen LogP contribution in [0.4, 0.5) is 13.2 Å². The van der Waals surface area contributed by atoms with Crippen molar-refractivity contribution in [2.45, 2.75) is 45.8 Å². The minimum Gasteiger partial charge on any atom is -0.341 e. The first-order valence-electron chi connectivity index (χ1n) is 6.99. The predicted octanol–water partition coefficient (Wildman–Crippen LogP) is 1.85. The smallest absolute Gasteiger partial charge is 0.341 e. The van der Waals surface area contributed by atoms with Crippen molar-refractivity contribution in [3.63, 3.8) is 0 Å². The zero-order valence-corrected chi connectivity index (χ0v) is 12.8. The molecular formula is C13H26F3N3O. The Bertz CT molecular complexity index is 302. The Morgan fingerprint density at radius 2 is 1.55 bits per heavy atom. The number of carbonyl (C=O) groups is 1. The van der Waals surface area contributed by atoms with Crippen LogP contribution >= 0.6 is 0 Å². The lowest BCUT2D eigenvalue weighted by atomic mass is 10.0. The summed E-state index contributed by atoms with van der Waals surface area (Å²) >= 11 is 0. The fraction of sp³-hybridized carbons (Fsp3) is 0.923. The molecule has 0 spiro atoms. The van der Waals surface area contributed by atoms with Gasteiger partial charge in [0, 0.05) is 13.1 Å². The molecule has 1 atom stereocenters. The maximum atomic E-state index is 12.8. The molecule has 0 aliphatic carbocycles. The highest BCUT2D eigenvalue weighted by atomic mass is 19.4. The summed E-state index contributed by atoms with van der Waals surface area (Å²) in [6.45, 7) is 9.45. The number of alkyl halides is 3. The summed E-state index contributed by atoms with van der Waals surface area (Å²) in [5.41, 5.74) is 2.35. The van der Waals surface area contributed by atoms with Crippen LogP contribution in [0.3, 0.4) is 0 Å². The second-order valence-corrected chi connectivity index (χ2v) is 4.97. The van der Waals surface area contributed by atoms with Crippen molar-refractivity contribution in [3.8, 4) is 0 Å². The molecule has 2 N–H and O–H groups in total. The molecule has 0 saturated heterocycles. The molecule has 0 aromatic heterocycles. The molecule has 120 valence electrons.